The van der Waals surface area contributed by atoms with E-state index in [-0.39, 0.29) is 6.10 Å². The highest BCUT2D eigenvalue weighted by atomic mass is 16.3. The summed E-state index contributed by atoms with van der Waals surface area (Å²) in [6.07, 6.45) is 3.98. The topological polar surface area (TPSA) is 23.5 Å². The summed E-state index contributed by atoms with van der Waals surface area (Å²) in [5.41, 5.74) is 1.42. The molecule has 1 fully saturated rings. The van der Waals surface area contributed by atoms with Gasteiger partial charge in [-0.1, -0.05) is 11.6 Å². The van der Waals surface area contributed by atoms with Crippen molar-refractivity contribution >= 4 is 0 Å². The number of hydrogen-bond acceptors (Lipinski definition) is 2. The Kier molecular flexibility index (Phi) is 3.94. The van der Waals surface area contributed by atoms with Crippen molar-refractivity contribution in [2.75, 3.05) is 13.1 Å². The number of aliphatic hydroxyl groups is 1. The molecule has 0 bridgehead atoms. The van der Waals surface area contributed by atoms with Crippen LogP contribution in [-0.4, -0.2) is 35.2 Å². The Balaban J connectivity index is 2.39. The van der Waals surface area contributed by atoms with E-state index in [0.29, 0.717) is 6.04 Å². The molecular formula is C11H21NO. The van der Waals surface area contributed by atoms with Crippen LogP contribution in [0.25, 0.3) is 0 Å². The minimum absolute atomic E-state index is 0.277. The van der Waals surface area contributed by atoms with Crippen molar-refractivity contribution in [3.05, 3.63) is 11.6 Å². The van der Waals surface area contributed by atoms with Crippen molar-refractivity contribution in [3.63, 3.8) is 0 Å². The molecule has 1 N–H and O–H groups in total. The van der Waals surface area contributed by atoms with Crippen molar-refractivity contribution in [2.24, 2.45) is 0 Å². The Hall–Kier alpha value is -0.340. The third kappa shape index (κ3) is 3.49. The number of piperidine rings is 1. The molecule has 0 aromatic rings. The third-order valence-corrected chi connectivity index (χ3v) is 2.65. The monoisotopic (exact) mass is 183 g/mol. The smallest absolute Gasteiger partial charge is 0.0695 e. The Morgan fingerprint density at radius 1 is 1.23 bits per heavy atom. The molecule has 0 aliphatic carbocycles. The summed E-state index contributed by atoms with van der Waals surface area (Å²) < 4.78 is 0. The van der Waals surface area contributed by atoms with Crippen LogP contribution in [0.4, 0.5) is 0 Å². The fourth-order valence-electron chi connectivity index (χ4n) is 1.84. The average Bonchev–Trinajstić information content (AvgIpc) is 2.04. The summed E-state index contributed by atoms with van der Waals surface area (Å²) in [7, 11) is 0. The zero-order valence-corrected chi connectivity index (χ0v) is 8.95. The molecule has 13 heavy (non-hydrogen) atoms. The van der Waals surface area contributed by atoms with Crippen molar-refractivity contribution in [1.82, 2.24) is 4.90 Å². The van der Waals surface area contributed by atoms with Gasteiger partial charge in [-0.3, -0.25) is 0 Å². The summed E-state index contributed by atoms with van der Waals surface area (Å²) >= 11 is 0. The Morgan fingerprint density at radius 2 is 1.77 bits per heavy atom. The molecule has 1 atom stereocenters. The van der Waals surface area contributed by atoms with E-state index >= 15 is 0 Å². The lowest BCUT2D eigenvalue weighted by Gasteiger charge is -2.31. The van der Waals surface area contributed by atoms with Gasteiger partial charge >= 0.3 is 0 Å². The van der Waals surface area contributed by atoms with E-state index in [1.54, 1.807) is 0 Å². The van der Waals surface area contributed by atoms with Gasteiger partial charge in [0.05, 0.1) is 6.10 Å². The number of hydrogen-bond donors (Lipinski definition) is 1. The molecular weight excluding hydrogens is 162 g/mol. The van der Waals surface area contributed by atoms with Crippen LogP contribution in [0.2, 0.25) is 0 Å². The van der Waals surface area contributed by atoms with Gasteiger partial charge in [-0.15, -0.1) is 0 Å². The van der Waals surface area contributed by atoms with Crippen molar-refractivity contribution in [2.45, 2.75) is 45.8 Å². The van der Waals surface area contributed by atoms with Crippen LogP contribution >= 0.6 is 0 Å². The molecule has 2 heteroatoms. The van der Waals surface area contributed by atoms with E-state index in [2.05, 4.69) is 18.7 Å². The maximum absolute atomic E-state index is 9.19. The van der Waals surface area contributed by atoms with E-state index in [0.717, 1.165) is 25.9 Å². The van der Waals surface area contributed by atoms with Crippen LogP contribution in [0.3, 0.4) is 0 Å². The second kappa shape index (κ2) is 4.77. The van der Waals surface area contributed by atoms with Crippen LogP contribution in [0.1, 0.15) is 33.6 Å². The molecule has 1 heterocycles. The molecule has 0 aromatic carbocycles. The van der Waals surface area contributed by atoms with E-state index < -0.39 is 0 Å². The minimum atomic E-state index is -0.277. The van der Waals surface area contributed by atoms with Crippen LogP contribution in [-0.2, 0) is 0 Å². The van der Waals surface area contributed by atoms with Crippen LogP contribution in [0, 0.1) is 0 Å². The number of likely N-dealkylation sites (tertiary alicyclic amines) is 1. The molecule has 0 amide bonds. The van der Waals surface area contributed by atoms with Gasteiger partial charge in [0.15, 0.2) is 0 Å². The maximum atomic E-state index is 9.19. The number of aliphatic hydroxyl groups excluding tert-OH is 1. The van der Waals surface area contributed by atoms with Gasteiger partial charge in [0.25, 0.3) is 0 Å². The van der Waals surface area contributed by atoms with Crippen molar-refractivity contribution in [3.8, 4) is 0 Å². The Morgan fingerprint density at radius 3 is 2.15 bits per heavy atom. The van der Waals surface area contributed by atoms with Crippen LogP contribution in [0.15, 0.2) is 11.6 Å². The summed E-state index contributed by atoms with van der Waals surface area (Å²) in [6.45, 7) is 8.60. The predicted molar refractivity (Wildman–Crippen MR) is 55.7 cm³/mol. The number of nitrogens with zero attached hydrogens (tertiary/aromatic N) is 1. The van der Waals surface area contributed by atoms with Gasteiger partial charge < -0.3 is 10.0 Å². The zero-order valence-electron chi connectivity index (χ0n) is 8.95. The first kappa shape index (κ1) is 10.7. The zero-order chi connectivity index (χ0) is 9.84. The first-order valence-corrected chi connectivity index (χ1v) is 5.21. The molecule has 1 rings (SSSR count). The van der Waals surface area contributed by atoms with Gasteiger partial charge in [-0.25, -0.2) is 0 Å². The van der Waals surface area contributed by atoms with E-state index in [9.17, 15) is 5.11 Å². The number of rotatable bonds is 2. The van der Waals surface area contributed by atoms with E-state index in [1.807, 2.05) is 13.0 Å². The fourth-order valence-corrected chi connectivity index (χ4v) is 1.84. The highest BCUT2D eigenvalue weighted by molar-refractivity contribution is 5.07. The van der Waals surface area contributed by atoms with E-state index in [1.165, 1.54) is 5.57 Å². The van der Waals surface area contributed by atoms with Gasteiger partial charge in [-0.2, -0.15) is 0 Å². The Bertz CT molecular complexity index is 175. The van der Waals surface area contributed by atoms with Gasteiger partial charge in [0, 0.05) is 19.1 Å². The molecule has 0 aromatic heterocycles. The highest BCUT2D eigenvalue weighted by Gasteiger charge is 2.15. The first-order valence-electron chi connectivity index (χ1n) is 5.21. The molecule has 1 aliphatic rings. The maximum Gasteiger partial charge on any atom is 0.0695 e. The molecule has 1 saturated heterocycles. The molecule has 0 radical (unpaired) electrons. The summed E-state index contributed by atoms with van der Waals surface area (Å²) in [6, 6.07) is 0.660. The summed E-state index contributed by atoms with van der Waals surface area (Å²) in [5, 5.41) is 9.19. The highest BCUT2D eigenvalue weighted by Crippen LogP contribution is 2.18. The van der Waals surface area contributed by atoms with Crippen LogP contribution < -0.4 is 0 Å². The summed E-state index contributed by atoms with van der Waals surface area (Å²) in [5.74, 6) is 0. The lowest BCUT2D eigenvalue weighted by atomic mass is 10.0. The third-order valence-electron chi connectivity index (χ3n) is 2.65. The van der Waals surface area contributed by atoms with Gasteiger partial charge in [0.2, 0.25) is 0 Å². The summed E-state index contributed by atoms with van der Waals surface area (Å²) in [4.78, 5) is 2.49. The second-order valence-corrected chi connectivity index (χ2v) is 4.20. The average molecular weight is 183 g/mol. The van der Waals surface area contributed by atoms with Crippen molar-refractivity contribution < 1.29 is 5.11 Å². The lowest BCUT2D eigenvalue weighted by molar-refractivity contribution is 0.203. The molecule has 0 saturated carbocycles. The van der Waals surface area contributed by atoms with Crippen LogP contribution in [0.5, 0.6) is 0 Å². The quantitative estimate of drug-likeness (QED) is 0.660. The van der Waals surface area contributed by atoms with Gasteiger partial charge in [-0.05, 0) is 33.6 Å². The molecule has 2 nitrogen and oxygen atoms in total. The minimum Gasteiger partial charge on any atom is -0.389 e. The Labute approximate surface area is 81.2 Å². The lowest BCUT2D eigenvalue weighted by Crippen LogP contribution is -2.36. The van der Waals surface area contributed by atoms with Crippen molar-refractivity contribution in [1.29, 1.82) is 0 Å². The largest absolute Gasteiger partial charge is 0.389 e. The molecule has 1 aliphatic heterocycles. The fraction of sp³-hybridized carbons (Fsp3) is 0.818. The van der Waals surface area contributed by atoms with Gasteiger partial charge in [0.1, 0.15) is 0 Å². The predicted octanol–water partition coefficient (Wildman–Crippen LogP) is 1.80. The molecule has 0 spiro atoms. The normalized spacial score (nSPS) is 22.1. The molecule has 1 unspecified atom stereocenters. The molecule has 76 valence electrons. The first-order chi connectivity index (χ1) is 6.09. The van der Waals surface area contributed by atoms with E-state index in [4.69, 9.17) is 0 Å². The standard InChI is InChI=1S/C11H21NO/c1-9(2)12-6-4-11(5-7-12)8-10(3)13/h8-10,13H,4-7H2,1-3H3. The second-order valence-electron chi connectivity index (χ2n) is 4.20. The SMILES string of the molecule is CC(O)C=C1CCN(C(C)C)CC1.